The molecule has 6 heteroatoms. The number of hydrogen-bond acceptors (Lipinski definition) is 4. The molecule has 1 aliphatic rings. The fourth-order valence-corrected chi connectivity index (χ4v) is 4.38. The molecule has 1 aliphatic heterocycles. The van der Waals surface area contributed by atoms with Crippen molar-refractivity contribution in [1.82, 2.24) is 24.8 Å². The average Bonchev–Trinajstić information content (AvgIpc) is 3.40. The first-order chi connectivity index (χ1) is 14.3. The molecule has 5 aromatic rings. The molecule has 0 spiro atoms. The number of aromatic nitrogens is 4. The number of aromatic amines is 1. The SMILES string of the molecule is Cn1ccc2c3nc(-c4cccc5[nH]ccc45)nc(C4COCCN4)c3ccc21. The number of ether oxygens (including phenoxy) is 1. The van der Waals surface area contributed by atoms with E-state index in [0.29, 0.717) is 6.61 Å². The summed E-state index contributed by atoms with van der Waals surface area (Å²) in [5, 5.41) is 6.92. The van der Waals surface area contributed by atoms with E-state index in [4.69, 9.17) is 14.7 Å². The van der Waals surface area contributed by atoms with Crippen molar-refractivity contribution in [3.8, 4) is 11.4 Å². The zero-order chi connectivity index (χ0) is 19.4. The molecule has 0 bridgehead atoms. The highest BCUT2D eigenvalue weighted by atomic mass is 16.5. The number of fused-ring (bicyclic) bond motifs is 4. The summed E-state index contributed by atoms with van der Waals surface area (Å²) in [5.41, 5.74) is 5.29. The third-order valence-corrected chi connectivity index (χ3v) is 5.85. The van der Waals surface area contributed by atoms with Gasteiger partial charge in [0.05, 0.1) is 30.5 Å². The van der Waals surface area contributed by atoms with E-state index >= 15 is 0 Å². The average molecular weight is 383 g/mol. The Bertz CT molecular complexity index is 1360. The Balaban J connectivity index is 1.68. The van der Waals surface area contributed by atoms with Crippen molar-refractivity contribution in [3.05, 3.63) is 60.6 Å². The third-order valence-electron chi connectivity index (χ3n) is 5.85. The molecule has 1 atom stereocenters. The summed E-state index contributed by atoms with van der Waals surface area (Å²) in [6.07, 6.45) is 4.04. The van der Waals surface area contributed by atoms with Gasteiger partial charge in [0.1, 0.15) is 0 Å². The summed E-state index contributed by atoms with van der Waals surface area (Å²) in [5.74, 6) is 0.751. The maximum atomic E-state index is 5.75. The van der Waals surface area contributed by atoms with Crippen LogP contribution in [0.25, 0.3) is 44.1 Å². The number of H-pyrrole nitrogens is 1. The fraction of sp³-hybridized carbons (Fsp3) is 0.217. The Hall–Kier alpha value is -3.22. The van der Waals surface area contributed by atoms with E-state index in [0.717, 1.165) is 57.4 Å². The summed E-state index contributed by atoms with van der Waals surface area (Å²) >= 11 is 0. The van der Waals surface area contributed by atoms with Crippen LogP contribution in [0, 0.1) is 0 Å². The van der Waals surface area contributed by atoms with Gasteiger partial charge in [-0.25, -0.2) is 9.97 Å². The van der Waals surface area contributed by atoms with E-state index in [2.05, 4.69) is 64.5 Å². The summed E-state index contributed by atoms with van der Waals surface area (Å²) in [6, 6.07) is 14.8. The summed E-state index contributed by atoms with van der Waals surface area (Å²) in [6.45, 7) is 2.18. The molecule has 0 amide bonds. The summed E-state index contributed by atoms with van der Waals surface area (Å²) in [7, 11) is 2.06. The lowest BCUT2D eigenvalue weighted by atomic mass is 10.0. The fourth-order valence-electron chi connectivity index (χ4n) is 4.38. The number of aryl methyl sites for hydroxylation is 1. The molecule has 2 aromatic carbocycles. The van der Waals surface area contributed by atoms with Gasteiger partial charge in [-0.3, -0.25) is 0 Å². The van der Waals surface area contributed by atoms with E-state index < -0.39 is 0 Å². The molecule has 1 saturated heterocycles. The molecule has 6 nitrogen and oxygen atoms in total. The highest BCUT2D eigenvalue weighted by Crippen LogP contribution is 2.33. The van der Waals surface area contributed by atoms with Crippen LogP contribution in [-0.2, 0) is 11.8 Å². The molecule has 6 rings (SSSR count). The zero-order valence-corrected chi connectivity index (χ0v) is 16.1. The predicted molar refractivity (Wildman–Crippen MR) is 115 cm³/mol. The highest BCUT2D eigenvalue weighted by molar-refractivity contribution is 6.06. The second kappa shape index (κ2) is 6.40. The van der Waals surface area contributed by atoms with Gasteiger partial charge >= 0.3 is 0 Å². The van der Waals surface area contributed by atoms with Gasteiger partial charge in [0.15, 0.2) is 5.82 Å². The van der Waals surface area contributed by atoms with Crippen molar-refractivity contribution in [3.63, 3.8) is 0 Å². The van der Waals surface area contributed by atoms with Gasteiger partial charge < -0.3 is 19.6 Å². The van der Waals surface area contributed by atoms with Crippen molar-refractivity contribution >= 4 is 32.7 Å². The topological polar surface area (TPSA) is 67.8 Å². The van der Waals surface area contributed by atoms with Gasteiger partial charge in [-0.05, 0) is 30.3 Å². The van der Waals surface area contributed by atoms with Crippen LogP contribution in [-0.4, -0.2) is 39.3 Å². The lowest BCUT2D eigenvalue weighted by Gasteiger charge is -2.25. The maximum Gasteiger partial charge on any atom is 0.160 e. The Morgan fingerprint density at radius 1 is 1.03 bits per heavy atom. The Labute approximate surface area is 167 Å². The second-order valence-corrected chi connectivity index (χ2v) is 7.58. The molecule has 1 fully saturated rings. The molecule has 144 valence electrons. The number of hydrogen-bond donors (Lipinski definition) is 2. The van der Waals surface area contributed by atoms with Crippen molar-refractivity contribution in [2.45, 2.75) is 6.04 Å². The van der Waals surface area contributed by atoms with Gasteiger partial charge in [0.2, 0.25) is 0 Å². The molecule has 0 aliphatic carbocycles. The van der Waals surface area contributed by atoms with Gasteiger partial charge in [0.25, 0.3) is 0 Å². The monoisotopic (exact) mass is 383 g/mol. The second-order valence-electron chi connectivity index (χ2n) is 7.58. The molecular weight excluding hydrogens is 362 g/mol. The van der Waals surface area contributed by atoms with Crippen LogP contribution in [0.3, 0.4) is 0 Å². The first kappa shape index (κ1) is 16.7. The normalized spacial score (nSPS) is 17.5. The van der Waals surface area contributed by atoms with E-state index in [-0.39, 0.29) is 6.04 Å². The van der Waals surface area contributed by atoms with E-state index in [1.807, 2.05) is 12.3 Å². The first-order valence-electron chi connectivity index (χ1n) is 9.93. The zero-order valence-electron chi connectivity index (χ0n) is 16.1. The van der Waals surface area contributed by atoms with Crippen LogP contribution in [0.4, 0.5) is 0 Å². The lowest BCUT2D eigenvalue weighted by molar-refractivity contribution is 0.0761. The molecule has 2 N–H and O–H groups in total. The van der Waals surface area contributed by atoms with Crippen LogP contribution in [0.5, 0.6) is 0 Å². The lowest BCUT2D eigenvalue weighted by Crippen LogP contribution is -2.35. The smallest absolute Gasteiger partial charge is 0.160 e. The van der Waals surface area contributed by atoms with Gasteiger partial charge in [0, 0.05) is 58.7 Å². The molecule has 3 aromatic heterocycles. The molecule has 0 radical (unpaired) electrons. The van der Waals surface area contributed by atoms with Crippen LogP contribution >= 0.6 is 0 Å². The molecule has 1 unspecified atom stereocenters. The van der Waals surface area contributed by atoms with Crippen LogP contribution in [0.1, 0.15) is 11.7 Å². The maximum absolute atomic E-state index is 5.75. The van der Waals surface area contributed by atoms with Crippen molar-refractivity contribution in [2.75, 3.05) is 19.8 Å². The van der Waals surface area contributed by atoms with Gasteiger partial charge in [-0.2, -0.15) is 0 Å². The van der Waals surface area contributed by atoms with Gasteiger partial charge in [-0.15, -0.1) is 0 Å². The van der Waals surface area contributed by atoms with Crippen molar-refractivity contribution in [1.29, 1.82) is 0 Å². The largest absolute Gasteiger partial charge is 0.378 e. The summed E-state index contributed by atoms with van der Waals surface area (Å²) < 4.78 is 7.88. The standard InChI is InChI=1S/C23H21N5O/c1-28-11-8-16-20(28)6-5-17-21(16)26-23(27-22(17)19-13-29-12-10-25-19)15-3-2-4-18-14(15)7-9-24-18/h2-9,11,19,24-25H,10,12-13H2,1H3. The van der Waals surface area contributed by atoms with Crippen molar-refractivity contribution < 1.29 is 4.74 Å². The van der Waals surface area contributed by atoms with E-state index in [1.54, 1.807) is 0 Å². The first-order valence-corrected chi connectivity index (χ1v) is 9.93. The number of rotatable bonds is 2. The minimum Gasteiger partial charge on any atom is -0.378 e. The Morgan fingerprint density at radius 2 is 2.00 bits per heavy atom. The van der Waals surface area contributed by atoms with Crippen LogP contribution < -0.4 is 5.32 Å². The highest BCUT2D eigenvalue weighted by Gasteiger charge is 2.22. The minimum atomic E-state index is 0.0552. The third kappa shape index (κ3) is 2.57. The quantitative estimate of drug-likeness (QED) is 0.485. The molecule has 0 saturated carbocycles. The van der Waals surface area contributed by atoms with Crippen molar-refractivity contribution in [2.24, 2.45) is 7.05 Å². The molecule has 29 heavy (non-hydrogen) atoms. The molecule has 4 heterocycles. The Kier molecular flexibility index (Phi) is 3.69. The van der Waals surface area contributed by atoms with Gasteiger partial charge in [-0.1, -0.05) is 12.1 Å². The summed E-state index contributed by atoms with van der Waals surface area (Å²) in [4.78, 5) is 13.4. The minimum absolute atomic E-state index is 0.0552. The Morgan fingerprint density at radius 3 is 2.90 bits per heavy atom. The number of morpholine rings is 1. The predicted octanol–water partition coefficient (Wildman–Crippen LogP) is 3.93. The van der Waals surface area contributed by atoms with E-state index in [9.17, 15) is 0 Å². The van der Waals surface area contributed by atoms with Crippen LogP contribution in [0.15, 0.2) is 54.9 Å². The number of benzene rings is 2. The molecular formula is C23H21N5O. The number of nitrogens with zero attached hydrogens (tertiary/aromatic N) is 3. The van der Waals surface area contributed by atoms with Crippen LogP contribution in [0.2, 0.25) is 0 Å². The number of nitrogens with one attached hydrogen (secondary N) is 2. The van der Waals surface area contributed by atoms with E-state index in [1.165, 1.54) is 5.52 Å².